The summed E-state index contributed by atoms with van der Waals surface area (Å²) in [4.78, 5) is 35.7. The molecule has 1 heterocycles. The van der Waals surface area contributed by atoms with Crippen LogP contribution in [0.15, 0.2) is 36.4 Å². The minimum absolute atomic E-state index is 0.0209. The van der Waals surface area contributed by atoms with Crippen molar-refractivity contribution in [2.24, 2.45) is 11.1 Å². The Labute approximate surface area is 178 Å². The van der Waals surface area contributed by atoms with Crippen LogP contribution >= 0.6 is 0 Å². The highest BCUT2D eigenvalue weighted by Crippen LogP contribution is 2.23. The predicted molar refractivity (Wildman–Crippen MR) is 116 cm³/mol. The highest BCUT2D eigenvalue weighted by molar-refractivity contribution is 5.88. The lowest BCUT2D eigenvalue weighted by atomic mass is 9.88. The van der Waals surface area contributed by atoms with E-state index in [-0.39, 0.29) is 23.3 Å². The van der Waals surface area contributed by atoms with Crippen molar-refractivity contribution in [2.45, 2.75) is 66.2 Å². The van der Waals surface area contributed by atoms with Crippen molar-refractivity contribution in [2.75, 3.05) is 6.67 Å². The van der Waals surface area contributed by atoms with Crippen LogP contribution in [0.2, 0.25) is 0 Å². The molecule has 0 aliphatic carbocycles. The van der Waals surface area contributed by atoms with Crippen molar-refractivity contribution < 1.29 is 18.8 Å². The normalized spacial score (nSPS) is 15.1. The first-order valence-corrected chi connectivity index (χ1v) is 10.1. The number of Topliss-reactive ketones (excluding diaryl/α,β-unsaturated/α-hetero) is 1. The molecule has 0 aromatic heterocycles. The van der Waals surface area contributed by atoms with E-state index in [2.05, 4.69) is 38.2 Å². The fraction of sp³-hybridized carbons (Fsp3) is 0.522. The molecule has 1 aliphatic heterocycles. The molecule has 1 aromatic rings. The molecule has 166 valence electrons. The van der Waals surface area contributed by atoms with Gasteiger partial charge in [-0.2, -0.15) is 0 Å². The van der Waals surface area contributed by atoms with Crippen molar-refractivity contribution in [3.05, 3.63) is 47.5 Å². The quantitative estimate of drug-likeness (QED) is 0.694. The summed E-state index contributed by atoms with van der Waals surface area (Å²) in [5.41, 5.74) is 8.05. The van der Waals surface area contributed by atoms with Crippen LogP contribution in [0.5, 0.6) is 0 Å². The second-order valence-corrected chi connectivity index (χ2v) is 8.83. The maximum Gasteiger partial charge on any atom is 0.246 e. The molecule has 3 N–H and O–H groups in total. The number of carbonyl (C=O) groups excluding carboxylic acids is 3. The SMILES string of the molecule is CC(=O)CF.C[C@H](N)C(=O)N[C@H](/C=C/C(=O)N1Cc2ccccc2C1)CC(C)(C)C. The third-order valence-electron chi connectivity index (χ3n) is 4.39. The number of amides is 2. The smallest absolute Gasteiger partial charge is 0.246 e. The molecule has 0 saturated carbocycles. The highest BCUT2D eigenvalue weighted by Gasteiger charge is 2.23. The summed E-state index contributed by atoms with van der Waals surface area (Å²) in [6.45, 7) is 9.60. The highest BCUT2D eigenvalue weighted by atomic mass is 19.1. The number of benzene rings is 1. The second-order valence-electron chi connectivity index (χ2n) is 8.83. The third kappa shape index (κ3) is 9.31. The van der Waals surface area contributed by atoms with Gasteiger partial charge < -0.3 is 16.0 Å². The summed E-state index contributed by atoms with van der Waals surface area (Å²) in [5, 5.41) is 2.91. The van der Waals surface area contributed by atoms with Gasteiger partial charge in [0.25, 0.3) is 0 Å². The molecule has 2 rings (SSSR count). The van der Waals surface area contributed by atoms with E-state index in [0.717, 1.165) is 6.42 Å². The molecule has 1 aromatic carbocycles. The van der Waals surface area contributed by atoms with Crippen LogP contribution in [0.25, 0.3) is 0 Å². The Hall–Kier alpha value is -2.54. The van der Waals surface area contributed by atoms with Crippen molar-refractivity contribution in [3.63, 3.8) is 0 Å². The van der Waals surface area contributed by atoms with Gasteiger partial charge >= 0.3 is 0 Å². The Morgan fingerprint density at radius 3 is 2.10 bits per heavy atom. The van der Waals surface area contributed by atoms with Gasteiger partial charge in [0.1, 0.15) is 6.67 Å². The van der Waals surface area contributed by atoms with Gasteiger partial charge in [-0.15, -0.1) is 0 Å². The van der Waals surface area contributed by atoms with Crippen molar-refractivity contribution in [1.82, 2.24) is 10.2 Å². The van der Waals surface area contributed by atoms with E-state index < -0.39 is 18.5 Å². The first kappa shape index (κ1) is 25.5. The summed E-state index contributed by atoms with van der Waals surface area (Å²) >= 11 is 0. The van der Waals surface area contributed by atoms with Crippen molar-refractivity contribution in [3.8, 4) is 0 Å². The Morgan fingerprint density at radius 2 is 1.70 bits per heavy atom. The molecular weight excluding hydrogens is 385 g/mol. The Balaban J connectivity index is 0.000000804. The number of alkyl halides is 1. The van der Waals surface area contributed by atoms with Crippen LogP contribution in [-0.4, -0.2) is 41.3 Å². The first-order valence-electron chi connectivity index (χ1n) is 10.1. The van der Waals surface area contributed by atoms with Gasteiger partial charge in [-0.3, -0.25) is 14.4 Å². The van der Waals surface area contributed by atoms with Gasteiger partial charge in [0.2, 0.25) is 11.8 Å². The van der Waals surface area contributed by atoms with Crippen LogP contribution in [0.4, 0.5) is 4.39 Å². The molecule has 2 atom stereocenters. The average Bonchev–Trinajstić information content (AvgIpc) is 3.09. The van der Waals surface area contributed by atoms with Crippen LogP contribution < -0.4 is 11.1 Å². The van der Waals surface area contributed by atoms with Crippen molar-refractivity contribution >= 4 is 17.6 Å². The number of halogens is 1. The molecule has 0 fully saturated rings. The molecule has 0 saturated heterocycles. The Morgan fingerprint density at radius 1 is 1.20 bits per heavy atom. The van der Waals surface area contributed by atoms with E-state index in [0.29, 0.717) is 13.1 Å². The third-order valence-corrected chi connectivity index (χ3v) is 4.39. The fourth-order valence-electron chi connectivity index (χ4n) is 2.93. The molecule has 0 radical (unpaired) electrons. The lowest BCUT2D eigenvalue weighted by molar-refractivity contribution is -0.127. The number of fused-ring (bicyclic) bond motifs is 1. The minimum atomic E-state index is -0.833. The predicted octanol–water partition coefficient (Wildman–Crippen LogP) is 2.90. The largest absolute Gasteiger partial charge is 0.349 e. The molecule has 7 heteroatoms. The Bertz CT molecular complexity index is 744. The standard InChI is InChI=1S/C20H29N3O2.C3H5FO/c1-14(21)19(25)22-17(11-20(2,3)4)9-10-18(24)23-12-15-7-5-6-8-16(15)13-23;1-3(5)2-4/h5-10,14,17H,11-13,21H2,1-4H3,(H,22,25);2H2,1H3/b10-9+;/t14-,17+;/m0./s1. The number of carbonyl (C=O) groups is 3. The van der Waals surface area contributed by atoms with E-state index in [1.807, 2.05) is 17.0 Å². The van der Waals surface area contributed by atoms with E-state index in [9.17, 15) is 18.8 Å². The Kier molecular flexibility index (Phi) is 9.85. The summed E-state index contributed by atoms with van der Waals surface area (Å²) < 4.78 is 10.8. The van der Waals surface area contributed by atoms with Gasteiger partial charge in [0.05, 0.1) is 6.04 Å². The lowest BCUT2D eigenvalue weighted by Gasteiger charge is -2.25. The number of nitrogens with one attached hydrogen (secondary N) is 1. The first-order chi connectivity index (χ1) is 13.9. The fourth-order valence-corrected chi connectivity index (χ4v) is 2.93. The average molecular weight is 420 g/mol. The molecule has 0 unspecified atom stereocenters. The zero-order valence-electron chi connectivity index (χ0n) is 18.6. The van der Waals surface area contributed by atoms with Crippen LogP contribution in [0, 0.1) is 5.41 Å². The molecule has 0 bridgehead atoms. The maximum absolute atomic E-state index is 12.5. The molecular formula is C23H34FN3O3. The van der Waals surface area contributed by atoms with E-state index in [1.165, 1.54) is 18.1 Å². The molecule has 0 spiro atoms. The van der Waals surface area contributed by atoms with Gasteiger partial charge in [-0.1, -0.05) is 51.1 Å². The minimum Gasteiger partial charge on any atom is -0.349 e. The topological polar surface area (TPSA) is 92.5 Å². The number of nitrogens with zero attached hydrogens (tertiary/aromatic N) is 1. The molecule has 6 nitrogen and oxygen atoms in total. The molecule has 2 amide bonds. The van der Waals surface area contributed by atoms with E-state index in [4.69, 9.17) is 5.73 Å². The van der Waals surface area contributed by atoms with E-state index >= 15 is 0 Å². The molecule has 30 heavy (non-hydrogen) atoms. The van der Waals surface area contributed by atoms with Crippen LogP contribution in [0.3, 0.4) is 0 Å². The van der Waals surface area contributed by atoms with Crippen LogP contribution in [0.1, 0.15) is 52.2 Å². The van der Waals surface area contributed by atoms with Crippen LogP contribution in [-0.2, 0) is 27.5 Å². The molecule has 1 aliphatic rings. The van der Waals surface area contributed by atoms with Gasteiger partial charge in [0.15, 0.2) is 5.78 Å². The zero-order chi connectivity index (χ0) is 22.9. The lowest BCUT2D eigenvalue weighted by Crippen LogP contribution is -2.44. The number of ketones is 1. The van der Waals surface area contributed by atoms with E-state index in [1.54, 1.807) is 19.1 Å². The van der Waals surface area contributed by atoms with Gasteiger partial charge in [0, 0.05) is 25.2 Å². The number of hydrogen-bond acceptors (Lipinski definition) is 4. The zero-order valence-corrected chi connectivity index (χ0v) is 18.6. The van der Waals surface area contributed by atoms with Gasteiger partial charge in [-0.05, 0) is 36.8 Å². The number of rotatable bonds is 6. The summed E-state index contributed by atoms with van der Waals surface area (Å²) in [6.07, 6.45) is 4.09. The summed E-state index contributed by atoms with van der Waals surface area (Å²) in [6, 6.07) is 7.30. The second kappa shape index (κ2) is 11.6. The van der Waals surface area contributed by atoms with Gasteiger partial charge in [-0.25, -0.2) is 4.39 Å². The summed E-state index contributed by atoms with van der Waals surface area (Å²) in [5.74, 6) is -0.657. The van der Waals surface area contributed by atoms with Crippen molar-refractivity contribution in [1.29, 1.82) is 0 Å². The number of hydrogen-bond donors (Lipinski definition) is 2. The summed E-state index contributed by atoms with van der Waals surface area (Å²) in [7, 11) is 0. The number of nitrogens with two attached hydrogens (primary N) is 1. The maximum atomic E-state index is 12.5. The monoisotopic (exact) mass is 419 g/mol.